The molecule has 21 heavy (non-hydrogen) atoms. The van der Waals surface area contributed by atoms with Crippen molar-refractivity contribution in [1.82, 2.24) is 9.62 Å². The van der Waals surface area contributed by atoms with Crippen molar-refractivity contribution in [2.75, 3.05) is 25.4 Å². The van der Waals surface area contributed by atoms with E-state index in [1.165, 1.54) is 12.1 Å². The Morgan fingerprint density at radius 1 is 1.29 bits per heavy atom. The molecule has 1 saturated heterocycles. The van der Waals surface area contributed by atoms with E-state index in [-0.39, 0.29) is 11.6 Å². The van der Waals surface area contributed by atoms with E-state index in [9.17, 15) is 12.8 Å². The van der Waals surface area contributed by atoms with Gasteiger partial charge in [-0.1, -0.05) is 12.1 Å². The summed E-state index contributed by atoms with van der Waals surface area (Å²) in [5, 5.41) is 0. The highest BCUT2D eigenvalue weighted by atomic mass is 32.2. The lowest BCUT2D eigenvalue weighted by molar-refractivity contribution is 0.357. The minimum atomic E-state index is -3.40. The van der Waals surface area contributed by atoms with Crippen molar-refractivity contribution in [1.29, 1.82) is 0 Å². The fourth-order valence-electron chi connectivity index (χ4n) is 2.63. The molecule has 1 aromatic rings. The topological polar surface area (TPSA) is 49.4 Å². The summed E-state index contributed by atoms with van der Waals surface area (Å²) in [5.74, 6) is -0.289. The van der Waals surface area contributed by atoms with Crippen LogP contribution in [0.2, 0.25) is 0 Å². The third-order valence-electron chi connectivity index (χ3n) is 3.83. The van der Waals surface area contributed by atoms with Gasteiger partial charge < -0.3 is 4.90 Å². The maximum absolute atomic E-state index is 13.3. The molecule has 0 spiro atoms. The zero-order valence-corrected chi connectivity index (χ0v) is 13.4. The molecular weight excluding hydrogens is 291 g/mol. The molecule has 1 heterocycles. The Morgan fingerprint density at radius 3 is 2.57 bits per heavy atom. The van der Waals surface area contributed by atoms with Crippen LogP contribution in [0, 0.1) is 5.82 Å². The third kappa shape index (κ3) is 4.76. The quantitative estimate of drug-likeness (QED) is 0.874. The largest absolute Gasteiger partial charge is 0.302 e. The molecule has 0 aromatic heterocycles. The van der Waals surface area contributed by atoms with Gasteiger partial charge in [0.05, 0.1) is 11.3 Å². The van der Waals surface area contributed by atoms with Crippen LogP contribution in [-0.2, 0) is 15.6 Å². The molecule has 0 atom stereocenters. The number of hydrogen-bond donors (Lipinski definition) is 1. The molecule has 2 rings (SSSR count). The first-order chi connectivity index (χ1) is 9.78. The van der Waals surface area contributed by atoms with Gasteiger partial charge in [0.25, 0.3) is 0 Å². The van der Waals surface area contributed by atoms with E-state index in [2.05, 4.69) is 9.62 Å². The molecule has 0 unspecified atom stereocenters. The lowest BCUT2D eigenvalue weighted by atomic mass is 9.96. The Morgan fingerprint density at radius 2 is 1.95 bits per heavy atom. The average molecular weight is 314 g/mol. The smallest absolute Gasteiger partial charge is 0.213 e. The van der Waals surface area contributed by atoms with Crippen molar-refractivity contribution in [3.05, 3.63) is 35.6 Å². The first kappa shape index (κ1) is 16.4. The van der Waals surface area contributed by atoms with Crippen LogP contribution >= 0.6 is 0 Å². The Hall–Kier alpha value is -0.980. The Bertz CT molecular complexity index is 581. The predicted octanol–water partition coefficient (Wildman–Crippen LogP) is 2.08. The molecule has 0 aliphatic carbocycles. The van der Waals surface area contributed by atoms with E-state index in [0.717, 1.165) is 25.9 Å². The van der Waals surface area contributed by atoms with Gasteiger partial charge in [-0.2, -0.15) is 0 Å². The van der Waals surface area contributed by atoms with Gasteiger partial charge in [-0.15, -0.1) is 0 Å². The molecule has 1 fully saturated rings. The van der Waals surface area contributed by atoms with Crippen molar-refractivity contribution in [2.45, 2.75) is 32.2 Å². The van der Waals surface area contributed by atoms with Crippen LogP contribution in [0.3, 0.4) is 0 Å². The normalized spacial score (nSPS) is 17.3. The number of likely N-dealkylation sites (tertiary alicyclic amines) is 1. The number of hydrogen-bond acceptors (Lipinski definition) is 3. The molecule has 118 valence electrons. The molecule has 0 saturated carbocycles. The van der Waals surface area contributed by atoms with E-state index in [1.54, 1.807) is 26.0 Å². The Labute approximate surface area is 126 Å². The van der Waals surface area contributed by atoms with Crippen LogP contribution in [0.25, 0.3) is 0 Å². The summed E-state index contributed by atoms with van der Waals surface area (Å²) in [7, 11) is -3.40. The van der Waals surface area contributed by atoms with Gasteiger partial charge in [0.2, 0.25) is 10.0 Å². The van der Waals surface area contributed by atoms with Gasteiger partial charge in [0.1, 0.15) is 5.82 Å². The molecule has 0 radical (unpaired) electrons. The van der Waals surface area contributed by atoms with E-state index in [4.69, 9.17) is 0 Å². The molecule has 0 amide bonds. The summed E-state index contributed by atoms with van der Waals surface area (Å²) in [6, 6.07) is 6.03. The summed E-state index contributed by atoms with van der Waals surface area (Å²) in [6.45, 7) is 5.99. The lowest BCUT2D eigenvalue weighted by Crippen LogP contribution is -2.43. The zero-order chi connectivity index (χ0) is 15.5. The first-order valence-corrected chi connectivity index (χ1v) is 8.94. The molecule has 1 aromatic carbocycles. The van der Waals surface area contributed by atoms with Crippen LogP contribution in [-0.4, -0.2) is 38.7 Å². The van der Waals surface area contributed by atoms with Gasteiger partial charge in [0.15, 0.2) is 0 Å². The molecule has 1 aliphatic rings. The molecular formula is C15H23FN2O2S. The van der Waals surface area contributed by atoms with Crippen molar-refractivity contribution in [2.24, 2.45) is 0 Å². The Kier molecular flexibility index (Phi) is 5.01. The average Bonchev–Trinajstić information content (AvgIpc) is 2.88. The second-order valence-corrected chi connectivity index (χ2v) is 7.95. The van der Waals surface area contributed by atoms with Gasteiger partial charge in [-0.05, 0) is 57.5 Å². The number of rotatable bonds is 6. The molecule has 1 aliphatic heterocycles. The number of halogens is 1. The van der Waals surface area contributed by atoms with Crippen molar-refractivity contribution < 1.29 is 12.8 Å². The number of nitrogens with one attached hydrogen (secondary N) is 1. The number of benzene rings is 1. The second kappa shape index (κ2) is 6.42. The predicted molar refractivity (Wildman–Crippen MR) is 82.0 cm³/mol. The SMILES string of the molecule is CC(C)(NS(=O)(=O)CCN1CCCC1)c1cccc(F)c1. The van der Waals surface area contributed by atoms with E-state index < -0.39 is 15.6 Å². The second-order valence-electron chi connectivity index (χ2n) is 6.11. The monoisotopic (exact) mass is 314 g/mol. The van der Waals surface area contributed by atoms with Gasteiger partial charge in [0, 0.05) is 6.54 Å². The standard InChI is InChI=1S/C15H23FN2O2S/c1-15(2,13-6-5-7-14(16)12-13)17-21(19,20)11-10-18-8-3-4-9-18/h5-7,12,17H,3-4,8-11H2,1-2H3. The van der Waals surface area contributed by atoms with Gasteiger partial charge in [-0.3, -0.25) is 0 Å². The maximum atomic E-state index is 13.3. The van der Waals surface area contributed by atoms with Crippen LogP contribution in [0.4, 0.5) is 4.39 Å². The number of sulfonamides is 1. The summed E-state index contributed by atoms with van der Waals surface area (Å²) < 4.78 is 40.4. The van der Waals surface area contributed by atoms with E-state index in [1.807, 2.05) is 0 Å². The first-order valence-electron chi connectivity index (χ1n) is 7.29. The molecule has 6 heteroatoms. The van der Waals surface area contributed by atoms with E-state index >= 15 is 0 Å². The minimum Gasteiger partial charge on any atom is -0.302 e. The lowest BCUT2D eigenvalue weighted by Gasteiger charge is -2.27. The summed E-state index contributed by atoms with van der Waals surface area (Å²) in [4.78, 5) is 2.16. The summed E-state index contributed by atoms with van der Waals surface area (Å²) >= 11 is 0. The number of nitrogens with zero attached hydrogens (tertiary/aromatic N) is 1. The van der Waals surface area contributed by atoms with Crippen LogP contribution in [0.15, 0.2) is 24.3 Å². The molecule has 4 nitrogen and oxygen atoms in total. The van der Waals surface area contributed by atoms with E-state index in [0.29, 0.717) is 12.1 Å². The van der Waals surface area contributed by atoms with Crippen molar-refractivity contribution in [3.8, 4) is 0 Å². The third-order valence-corrected chi connectivity index (χ3v) is 5.37. The minimum absolute atomic E-state index is 0.0751. The summed E-state index contributed by atoms with van der Waals surface area (Å²) in [5.41, 5.74) is -0.210. The highest BCUT2D eigenvalue weighted by molar-refractivity contribution is 7.89. The van der Waals surface area contributed by atoms with Gasteiger partial charge in [-0.25, -0.2) is 17.5 Å². The van der Waals surface area contributed by atoms with Crippen molar-refractivity contribution >= 4 is 10.0 Å². The highest BCUT2D eigenvalue weighted by Gasteiger charge is 2.27. The molecule has 0 bridgehead atoms. The molecule has 1 N–H and O–H groups in total. The van der Waals surface area contributed by atoms with Crippen LogP contribution < -0.4 is 4.72 Å². The maximum Gasteiger partial charge on any atom is 0.213 e. The zero-order valence-electron chi connectivity index (χ0n) is 12.6. The fourth-order valence-corrected chi connectivity index (χ4v) is 4.13. The Balaban J connectivity index is 2.00. The van der Waals surface area contributed by atoms with Crippen LogP contribution in [0.1, 0.15) is 32.3 Å². The highest BCUT2D eigenvalue weighted by Crippen LogP contribution is 2.22. The van der Waals surface area contributed by atoms with Crippen LogP contribution in [0.5, 0.6) is 0 Å². The fraction of sp³-hybridized carbons (Fsp3) is 0.600. The van der Waals surface area contributed by atoms with Gasteiger partial charge >= 0.3 is 0 Å². The summed E-state index contributed by atoms with van der Waals surface area (Å²) in [6.07, 6.45) is 2.28. The van der Waals surface area contributed by atoms with Crippen molar-refractivity contribution in [3.63, 3.8) is 0 Å².